The van der Waals surface area contributed by atoms with Gasteiger partial charge in [-0.3, -0.25) is 4.79 Å². The SMILES string of the molecule is CCCCC(C=O)NC(=O)c1cc(-c2ccccc2)nc2ccccc12. The Balaban J connectivity index is 2.00. The molecule has 1 amide bonds. The van der Waals surface area contributed by atoms with Crippen molar-refractivity contribution in [3.63, 3.8) is 0 Å². The molecule has 0 fully saturated rings. The number of unbranched alkanes of at least 4 members (excludes halogenated alkanes) is 1. The smallest absolute Gasteiger partial charge is 0.252 e. The summed E-state index contributed by atoms with van der Waals surface area (Å²) in [7, 11) is 0. The number of carbonyl (C=O) groups is 2. The van der Waals surface area contributed by atoms with Gasteiger partial charge in [-0.15, -0.1) is 0 Å². The molecule has 0 radical (unpaired) electrons. The molecule has 1 unspecified atom stereocenters. The molecule has 1 N–H and O–H groups in total. The van der Waals surface area contributed by atoms with E-state index in [1.165, 1.54) is 0 Å². The molecule has 0 aliphatic heterocycles. The molecule has 4 nitrogen and oxygen atoms in total. The summed E-state index contributed by atoms with van der Waals surface area (Å²) in [6.45, 7) is 2.06. The number of nitrogens with one attached hydrogen (secondary N) is 1. The Morgan fingerprint density at radius 2 is 1.85 bits per heavy atom. The highest BCUT2D eigenvalue weighted by Crippen LogP contribution is 2.24. The Morgan fingerprint density at radius 3 is 2.58 bits per heavy atom. The third kappa shape index (κ3) is 3.97. The number of hydrogen-bond acceptors (Lipinski definition) is 3. The van der Waals surface area contributed by atoms with Gasteiger partial charge in [-0.1, -0.05) is 68.3 Å². The van der Waals surface area contributed by atoms with Crippen LogP contribution in [-0.2, 0) is 4.79 Å². The minimum Gasteiger partial charge on any atom is -0.343 e. The van der Waals surface area contributed by atoms with Gasteiger partial charge in [0, 0.05) is 10.9 Å². The third-order valence-corrected chi connectivity index (χ3v) is 4.38. The van der Waals surface area contributed by atoms with Crippen LogP contribution in [-0.4, -0.2) is 23.2 Å². The number of amides is 1. The van der Waals surface area contributed by atoms with Gasteiger partial charge in [0.05, 0.1) is 22.8 Å². The second-order valence-electron chi connectivity index (χ2n) is 6.30. The molecule has 1 heterocycles. The zero-order chi connectivity index (χ0) is 18.4. The van der Waals surface area contributed by atoms with Crippen LogP contribution in [0.25, 0.3) is 22.2 Å². The zero-order valence-electron chi connectivity index (χ0n) is 14.8. The molecule has 0 saturated heterocycles. The molecule has 3 aromatic rings. The molecule has 4 heteroatoms. The first-order valence-corrected chi connectivity index (χ1v) is 8.94. The van der Waals surface area contributed by atoms with E-state index < -0.39 is 6.04 Å². The quantitative estimate of drug-likeness (QED) is 0.646. The van der Waals surface area contributed by atoms with Gasteiger partial charge < -0.3 is 10.1 Å². The summed E-state index contributed by atoms with van der Waals surface area (Å²) in [6, 6.07) is 18.7. The molecule has 0 spiro atoms. The van der Waals surface area contributed by atoms with Crippen molar-refractivity contribution >= 4 is 23.1 Å². The first-order chi connectivity index (χ1) is 12.7. The molecule has 0 saturated carbocycles. The van der Waals surface area contributed by atoms with Crippen molar-refractivity contribution in [1.29, 1.82) is 0 Å². The van der Waals surface area contributed by atoms with E-state index in [9.17, 15) is 9.59 Å². The molecule has 0 bridgehead atoms. The second kappa shape index (κ2) is 8.39. The monoisotopic (exact) mass is 346 g/mol. The zero-order valence-corrected chi connectivity index (χ0v) is 14.8. The molecule has 1 aromatic heterocycles. The molecule has 26 heavy (non-hydrogen) atoms. The number of nitrogens with zero attached hydrogens (tertiary/aromatic N) is 1. The van der Waals surface area contributed by atoms with Crippen molar-refractivity contribution in [2.45, 2.75) is 32.2 Å². The number of carbonyl (C=O) groups excluding carboxylic acids is 2. The average Bonchev–Trinajstić information content (AvgIpc) is 2.70. The Kier molecular flexibility index (Phi) is 5.74. The van der Waals surface area contributed by atoms with Crippen LogP contribution in [0.1, 0.15) is 36.5 Å². The topological polar surface area (TPSA) is 59.1 Å². The van der Waals surface area contributed by atoms with Crippen LogP contribution in [0.3, 0.4) is 0 Å². The van der Waals surface area contributed by atoms with Gasteiger partial charge in [0.1, 0.15) is 6.29 Å². The van der Waals surface area contributed by atoms with Gasteiger partial charge in [-0.05, 0) is 18.6 Å². The molecular formula is C22H22N2O2. The van der Waals surface area contributed by atoms with E-state index in [0.717, 1.165) is 41.3 Å². The van der Waals surface area contributed by atoms with Gasteiger partial charge in [0.15, 0.2) is 0 Å². The van der Waals surface area contributed by atoms with Crippen LogP contribution in [0.15, 0.2) is 60.7 Å². The van der Waals surface area contributed by atoms with Gasteiger partial charge in [-0.2, -0.15) is 0 Å². The summed E-state index contributed by atoms with van der Waals surface area (Å²) in [4.78, 5) is 28.9. The van der Waals surface area contributed by atoms with E-state index in [4.69, 9.17) is 0 Å². The fourth-order valence-corrected chi connectivity index (χ4v) is 2.96. The maximum absolute atomic E-state index is 12.9. The van der Waals surface area contributed by atoms with Crippen LogP contribution >= 0.6 is 0 Å². The maximum Gasteiger partial charge on any atom is 0.252 e. The number of benzene rings is 2. The van der Waals surface area contributed by atoms with Crippen LogP contribution in [0.2, 0.25) is 0 Å². The standard InChI is InChI=1S/C22H22N2O2/c1-2-3-11-17(15-25)23-22(26)19-14-21(16-9-5-4-6-10-16)24-20-13-8-7-12-18(19)20/h4-10,12-15,17H,2-3,11H2,1H3,(H,23,26). The molecule has 1 atom stereocenters. The number of fused-ring (bicyclic) bond motifs is 1. The number of para-hydroxylation sites is 1. The Bertz CT molecular complexity index is 906. The third-order valence-electron chi connectivity index (χ3n) is 4.38. The number of aldehydes is 1. The van der Waals surface area contributed by atoms with Crippen molar-refractivity contribution in [2.24, 2.45) is 0 Å². The summed E-state index contributed by atoms with van der Waals surface area (Å²) >= 11 is 0. The lowest BCUT2D eigenvalue weighted by molar-refractivity contribution is -0.109. The lowest BCUT2D eigenvalue weighted by Crippen LogP contribution is -2.36. The van der Waals surface area contributed by atoms with Crippen molar-refractivity contribution in [2.75, 3.05) is 0 Å². The Labute approximate surface area is 153 Å². The van der Waals surface area contributed by atoms with Crippen molar-refractivity contribution in [3.05, 3.63) is 66.2 Å². The first kappa shape index (κ1) is 17.8. The van der Waals surface area contributed by atoms with Gasteiger partial charge in [0.25, 0.3) is 5.91 Å². The molecule has 3 rings (SSSR count). The van der Waals surface area contributed by atoms with Crippen LogP contribution in [0.5, 0.6) is 0 Å². The largest absolute Gasteiger partial charge is 0.343 e. The Hall–Kier alpha value is -3.01. The lowest BCUT2D eigenvalue weighted by Gasteiger charge is -2.14. The van der Waals surface area contributed by atoms with Crippen LogP contribution < -0.4 is 5.32 Å². The highest BCUT2D eigenvalue weighted by Gasteiger charge is 2.17. The lowest BCUT2D eigenvalue weighted by atomic mass is 10.0. The van der Waals surface area contributed by atoms with E-state index >= 15 is 0 Å². The second-order valence-corrected chi connectivity index (χ2v) is 6.30. The fourth-order valence-electron chi connectivity index (χ4n) is 2.96. The van der Waals surface area contributed by atoms with E-state index in [0.29, 0.717) is 12.0 Å². The Morgan fingerprint density at radius 1 is 1.12 bits per heavy atom. The molecule has 0 aliphatic carbocycles. The maximum atomic E-state index is 12.9. The van der Waals surface area contributed by atoms with E-state index in [2.05, 4.69) is 17.2 Å². The number of rotatable bonds is 7. The minimum atomic E-state index is -0.463. The fraction of sp³-hybridized carbons (Fsp3) is 0.227. The number of hydrogen-bond donors (Lipinski definition) is 1. The highest BCUT2D eigenvalue weighted by molar-refractivity contribution is 6.07. The van der Waals surface area contributed by atoms with E-state index in [-0.39, 0.29) is 5.91 Å². The molecular weight excluding hydrogens is 324 g/mol. The van der Waals surface area contributed by atoms with Gasteiger partial charge in [-0.25, -0.2) is 4.98 Å². The minimum absolute atomic E-state index is 0.242. The highest BCUT2D eigenvalue weighted by atomic mass is 16.2. The normalized spacial score (nSPS) is 11.9. The molecule has 0 aliphatic rings. The van der Waals surface area contributed by atoms with Crippen LogP contribution in [0, 0.1) is 0 Å². The summed E-state index contributed by atoms with van der Waals surface area (Å²) in [6.07, 6.45) is 3.35. The van der Waals surface area contributed by atoms with Crippen molar-refractivity contribution in [3.8, 4) is 11.3 Å². The van der Waals surface area contributed by atoms with Crippen LogP contribution in [0.4, 0.5) is 0 Å². The van der Waals surface area contributed by atoms with Gasteiger partial charge >= 0.3 is 0 Å². The van der Waals surface area contributed by atoms with E-state index in [1.807, 2.05) is 54.6 Å². The predicted molar refractivity (Wildman–Crippen MR) is 104 cm³/mol. The summed E-state index contributed by atoms with van der Waals surface area (Å²) in [5, 5.41) is 3.64. The van der Waals surface area contributed by atoms with Gasteiger partial charge in [0.2, 0.25) is 0 Å². The van der Waals surface area contributed by atoms with E-state index in [1.54, 1.807) is 6.07 Å². The van der Waals surface area contributed by atoms with Crippen molar-refractivity contribution in [1.82, 2.24) is 10.3 Å². The number of aromatic nitrogens is 1. The molecule has 132 valence electrons. The predicted octanol–water partition coefficient (Wildman–Crippen LogP) is 4.39. The summed E-state index contributed by atoms with van der Waals surface area (Å²) in [5.41, 5.74) is 2.99. The summed E-state index contributed by atoms with van der Waals surface area (Å²) < 4.78 is 0. The molecule has 2 aromatic carbocycles. The number of pyridine rings is 1. The average molecular weight is 346 g/mol. The first-order valence-electron chi connectivity index (χ1n) is 8.94. The summed E-state index contributed by atoms with van der Waals surface area (Å²) in [5.74, 6) is -0.242. The van der Waals surface area contributed by atoms with Crippen molar-refractivity contribution < 1.29 is 9.59 Å².